The highest BCUT2D eigenvalue weighted by molar-refractivity contribution is 6.12. The predicted molar refractivity (Wildman–Crippen MR) is 246 cm³/mol. The monoisotopic (exact) mass is 802 g/mol. The van der Waals surface area contributed by atoms with E-state index < -0.39 is 0 Å². The minimum atomic E-state index is 0.408. The fraction of sp³-hybridized carbons (Fsp3) is 0. The number of hydrogen-bond acceptors (Lipinski definition) is 7. The number of rotatable bonds is 7. The highest BCUT2D eigenvalue weighted by atomic mass is 15.0. The third-order valence-corrected chi connectivity index (χ3v) is 11.1. The quantitative estimate of drug-likeness (QED) is 0.156. The first kappa shape index (κ1) is 37.8. The average molecular weight is 803 g/mol. The molecule has 0 atom stereocenters. The van der Waals surface area contributed by atoms with Crippen molar-refractivity contribution in [3.05, 3.63) is 204 Å². The molecule has 63 heavy (non-hydrogen) atoms. The van der Waals surface area contributed by atoms with Crippen LogP contribution < -0.4 is 0 Å². The molecule has 8 heteroatoms. The SMILES string of the molecule is N#Cc1cc(C#N)cc(-c2ccc3c(c2)c2ccccc2n3-c2c(-c3cccc(C#N)c3)cc(-c3nc(-c4ccccc4)nc(-c4ccccc4)n3)cc2-c2cccc(C#N)c2)c1. The molecule has 0 aliphatic heterocycles. The number of fused-ring (bicyclic) bond motifs is 3. The Kier molecular flexibility index (Phi) is 9.56. The highest BCUT2D eigenvalue weighted by Gasteiger charge is 2.24. The second kappa shape index (κ2) is 15.9. The Morgan fingerprint density at radius 2 is 0.778 bits per heavy atom. The van der Waals surface area contributed by atoms with Crippen molar-refractivity contribution in [2.24, 2.45) is 0 Å². The van der Waals surface area contributed by atoms with Crippen molar-refractivity contribution in [1.82, 2.24) is 19.5 Å². The second-order valence-electron chi connectivity index (χ2n) is 15.0. The molecule has 0 fully saturated rings. The van der Waals surface area contributed by atoms with E-state index in [1.54, 1.807) is 30.3 Å². The van der Waals surface area contributed by atoms with Gasteiger partial charge in [0.1, 0.15) is 0 Å². The maximum absolute atomic E-state index is 10.2. The van der Waals surface area contributed by atoms with Gasteiger partial charge in [-0.3, -0.25) is 0 Å². The van der Waals surface area contributed by atoms with Crippen molar-refractivity contribution >= 4 is 21.8 Å². The van der Waals surface area contributed by atoms with Crippen LogP contribution in [0.2, 0.25) is 0 Å². The Hall–Kier alpha value is -9.47. The van der Waals surface area contributed by atoms with Crippen molar-refractivity contribution in [2.45, 2.75) is 0 Å². The number of hydrogen-bond donors (Lipinski definition) is 0. The zero-order chi connectivity index (χ0) is 42.9. The van der Waals surface area contributed by atoms with Gasteiger partial charge in [0, 0.05) is 38.6 Å². The molecule has 290 valence electrons. The fourth-order valence-corrected chi connectivity index (χ4v) is 8.21. The topological polar surface area (TPSA) is 139 Å². The molecule has 0 radical (unpaired) electrons. The van der Waals surface area contributed by atoms with E-state index >= 15 is 0 Å². The van der Waals surface area contributed by atoms with Crippen LogP contribution in [0.1, 0.15) is 22.3 Å². The molecule has 0 spiro atoms. The minimum Gasteiger partial charge on any atom is -0.308 e. The lowest BCUT2D eigenvalue weighted by atomic mass is 9.91. The van der Waals surface area contributed by atoms with Crippen LogP contribution in [0.15, 0.2) is 182 Å². The molecule has 8 nitrogen and oxygen atoms in total. The molecule has 10 rings (SSSR count). The molecule has 10 aromatic rings. The number of aromatic nitrogens is 4. The summed E-state index contributed by atoms with van der Waals surface area (Å²) in [5, 5.41) is 41.9. The first-order chi connectivity index (χ1) is 31.0. The lowest BCUT2D eigenvalue weighted by molar-refractivity contribution is 1.07. The summed E-state index contributed by atoms with van der Waals surface area (Å²) >= 11 is 0. The number of para-hydroxylation sites is 1. The minimum absolute atomic E-state index is 0.408. The third-order valence-electron chi connectivity index (χ3n) is 11.1. The van der Waals surface area contributed by atoms with Gasteiger partial charge in [-0.1, -0.05) is 109 Å². The molecular formula is C55H30N8. The Morgan fingerprint density at radius 1 is 0.317 bits per heavy atom. The second-order valence-corrected chi connectivity index (χ2v) is 15.0. The summed E-state index contributed by atoms with van der Waals surface area (Å²) in [5.41, 5.74) is 11.7. The van der Waals surface area contributed by atoms with Gasteiger partial charge in [-0.05, 0) is 95.1 Å². The van der Waals surface area contributed by atoms with Crippen LogP contribution in [0.3, 0.4) is 0 Å². The van der Waals surface area contributed by atoms with Crippen LogP contribution in [0.5, 0.6) is 0 Å². The van der Waals surface area contributed by atoms with Gasteiger partial charge in [0.25, 0.3) is 0 Å². The maximum atomic E-state index is 10.2. The summed E-state index contributed by atoms with van der Waals surface area (Å²) in [5.74, 6) is 1.49. The molecule has 0 N–H and O–H groups in total. The number of benzene rings is 8. The van der Waals surface area contributed by atoms with Gasteiger partial charge in [-0.15, -0.1) is 0 Å². The zero-order valence-electron chi connectivity index (χ0n) is 33.4. The highest BCUT2D eigenvalue weighted by Crippen LogP contribution is 2.45. The van der Waals surface area contributed by atoms with Gasteiger partial charge in [0.05, 0.1) is 63.3 Å². The van der Waals surface area contributed by atoms with Crippen molar-refractivity contribution < 1.29 is 0 Å². The zero-order valence-corrected chi connectivity index (χ0v) is 33.4. The molecule has 0 amide bonds. The summed E-state index contributed by atoms with van der Waals surface area (Å²) in [6.45, 7) is 0. The summed E-state index contributed by atoms with van der Waals surface area (Å²) < 4.78 is 2.24. The Labute approximate surface area is 362 Å². The summed E-state index contributed by atoms with van der Waals surface area (Å²) in [6.07, 6.45) is 0. The lowest BCUT2D eigenvalue weighted by Crippen LogP contribution is -2.04. The summed E-state index contributed by atoms with van der Waals surface area (Å²) in [6, 6.07) is 67.5. The smallest absolute Gasteiger partial charge is 0.164 e. The van der Waals surface area contributed by atoms with Crippen molar-refractivity contribution in [3.8, 4) is 97.5 Å². The van der Waals surface area contributed by atoms with Crippen molar-refractivity contribution in [2.75, 3.05) is 0 Å². The van der Waals surface area contributed by atoms with Gasteiger partial charge in [-0.2, -0.15) is 21.0 Å². The van der Waals surface area contributed by atoms with E-state index in [9.17, 15) is 21.0 Å². The van der Waals surface area contributed by atoms with E-state index in [1.807, 2.05) is 115 Å². The summed E-state index contributed by atoms with van der Waals surface area (Å²) in [4.78, 5) is 15.2. The van der Waals surface area contributed by atoms with Gasteiger partial charge in [0.15, 0.2) is 17.5 Å². The average Bonchev–Trinajstić information content (AvgIpc) is 3.69. The van der Waals surface area contributed by atoms with Gasteiger partial charge >= 0.3 is 0 Å². The van der Waals surface area contributed by atoms with Crippen LogP contribution in [0.25, 0.3) is 95.0 Å². The van der Waals surface area contributed by atoms with E-state index in [0.717, 1.165) is 72.0 Å². The largest absolute Gasteiger partial charge is 0.308 e. The van der Waals surface area contributed by atoms with Crippen LogP contribution in [-0.4, -0.2) is 19.5 Å². The Balaban J connectivity index is 1.32. The maximum Gasteiger partial charge on any atom is 0.164 e. The standard InChI is InChI=1S/C55H30N8/c56-31-35-11-9-17-42(24-35)47-29-45(55-61-53(39-13-3-1-4-14-39)60-54(62-55)40-15-5-2-6-16-40)30-48(43-18-10-12-36(25-43)32-57)52(47)63-50-20-8-7-19-46(50)49-28-41(21-22-51(49)63)44-26-37(33-58)23-38(27-44)34-59/h1-30H. The molecule has 0 saturated heterocycles. The summed E-state index contributed by atoms with van der Waals surface area (Å²) in [7, 11) is 0. The lowest BCUT2D eigenvalue weighted by Gasteiger charge is -2.21. The molecule has 0 saturated carbocycles. The van der Waals surface area contributed by atoms with E-state index in [4.69, 9.17) is 15.0 Å². The van der Waals surface area contributed by atoms with Crippen LogP contribution in [0, 0.1) is 45.3 Å². The normalized spacial score (nSPS) is 10.8. The Bertz CT molecular complexity index is 3450. The molecule has 0 aliphatic carbocycles. The first-order valence-electron chi connectivity index (χ1n) is 20.1. The number of nitrogens with zero attached hydrogens (tertiary/aromatic N) is 8. The van der Waals surface area contributed by atoms with Crippen molar-refractivity contribution in [1.29, 1.82) is 21.0 Å². The van der Waals surface area contributed by atoms with E-state index in [0.29, 0.717) is 45.3 Å². The van der Waals surface area contributed by atoms with Gasteiger partial charge in [0.2, 0.25) is 0 Å². The molecule has 0 unspecified atom stereocenters. The molecule has 0 bridgehead atoms. The van der Waals surface area contributed by atoms with Crippen LogP contribution >= 0.6 is 0 Å². The molecule has 8 aromatic carbocycles. The molecule has 2 heterocycles. The molecular weight excluding hydrogens is 773 g/mol. The molecule has 2 aromatic heterocycles. The van der Waals surface area contributed by atoms with E-state index in [2.05, 4.69) is 65.2 Å². The molecule has 0 aliphatic rings. The predicted octanol–water partition coefficient (Wildman–Crippen LogP) is 12.5. The number of nitriles is 4. The van der Waals surface area contributed by atoms with Gasteiger partial charge < -0.3 is 4.57 Å². The first-order valence-corrected chi connectivity index (χ1v) is 20.1. The van der Waals surface area contributed by atoms with Crippen LogP contribution in [0.4, 0.5) is 0 Å². The van der Waals surface area contributed by atoms with E-state index in [1.165, 1.54) is 0 Å². The van der Waals surface area contributed by atoms with E-state index in [-0.39, 0.29) is 0 Å². The van der Waals surface area contributed by atoms with Crippen molar-refractivity contribution in [3.63, 3.8) is 0 Å². The van der Waals surface area contributed by atoms with Crippen LogP contribution in [-0.2, 0) is 0 Å². The third kappa shape index (κ3) is 6.99. The Morgan fingerprint density at radius 3 is 1.32 bits per heavy atom. The fourth-order valence-electron chi connectivity index (χ4n) is 8.21. The van der Waals surface area contributed by atoms with Gasteiger partial charge in [-0.25, -0.2) is 15.0 Å².